The van der Waals surface area contributed by atoms with E-state index in [2.05, 4.69) is 0 Å². The van der Waals surface area contributed by atoms with Crippen LogP contribution in [0.3, 0.4) is 0 Å². The lowest BCUT2D eigenvalue weighted by molar-refractivity contribution is -0.410. The minimum absolute atomic E-state index is 0.0537. The SMILES string of the molecule is CCCCCC(C(=O)O)[C@@]1(O[C@@H]2[C@H]3OC[C@@H]2O[C@@H](O[C@@H]2[C@@H](O)[C@H](O[C@@H]4[C@H]5OC[C@@H]4O[C@@H](O)[C@H]5O)O[C@H](CO)[C@H]2O)[C@H]3O)O[C@H](CO)[C@H](O)[C@H](O)[C@H]1O. The number of aliphatic hydroxyl groups is 10. The molecule has 11 N–H and O–H groups in total. The molecule has 6 rings (SSSR count). The zero-order chi connectivity index (χ0) is 37.6. The number of aliphatic hydroxyl groups excluding tert-OH is 10. The Morgan fingerprint density at radius 3 is 1.96 bits per heavy atom. The zero-order valence-corrected chi connectivity index (χ0v) is 28.2. The molecule has 6 fully saturated rings. The largest absolute Gasteiger partial charge is 0.481 e. The summed E-state index contributed by atoms with van der Waals surface area (Å²) in [6.07, 6.45) is -27.4. The van der Waals surface area contributed by atoms with Gasteiger partial charge in [0.15, 0.2) is 18.9 Å². The number of aliphatic carboxylic acids is 1. The maximum Gasteiger partial charge on any atom is 0.312 e. The monoisotopic (exact) mass is 758 g/mol. The number of fused-ring (bicyclic) bond motifs is 4. The van der Waals surface area contributed by atoms with Crippen LogP contribution in [0.25, 0.3) is 0 Å². The molecule has 21 atom stereocenters. The number of hydrogen-bond donors (Lipinski definition) is 11. The predicted molar refractivity (Wildman–Crippen MR) is 161 cm³/mol. The molecule has 21 nitrogen and oxygen atoms in total. The highest BCUT2D eigenvalue weighted by atomic mass is 16.8. The third kappa shape index (κ3) is 7.24. The van der Waals surface area contributed by atoms with Crippen molar-refractivity contribution >= 4 is 5.97 Å². The van der Waals surface area contributed by atoms with E-state index in [0.29, 0.717) is 19.3 Å². The Hall–Kier alpha value is -1.29. The minimum atomic E-state index is -2.57. The van der Waals surface area contributed by atoms with Crippen molar-refractivity contribution in [2.24, 2.45) is 5.92 Å². The van der Waals surface area contributed by atoms with Crippen molar-refractivity contribution in [2.45, 2.75) is 155 Å². The Bertz CT molecular complexity index is 1200. The molecule has 0 aromatic carbocycles. The smallest absolute Gasteiger partial charge is 0.312 e. The topological polar surface area (TPSA) is 323 Å². The molecule has 0 amide bonds. The first-order valence-electron chi connectivity index (χ1n) is 17.5. The van der Waals surface area contributed by atoms with Crippen molar-refractivity contribution in [1.29, 1.82) is 0 Å². The quantitative estimate of drug-likeness (QED) is 0.0735. The van der Waals surface area contributed by atoms with Crippen molar-refractivity contribution in [3.63, 3.8) is 0 Å². The second-order valence-electron chi connectivity index (χ2n) is 14.0. The normalized spacial score (nSPS) is 51.0. The second kappa shape index (κ2) is 16.4. The third-order valence-electron chi connectivity index (χ3n) is 10.7. The van der Waals surface area contributed by atoms with Gasteiger partial charge in [0.25, 0.3) is 0 Å². The van der Waals surface area contributed by atoms with Crippen molar-refractivity contribution in [1.82, 2.24) is 0 Å². The lowest BCUT2D eigenvalue weighted by Gasteiger charge is -2.53. The molecule has 1 unspecified atom stereocenters. The maximum atomic E-state index is 12.7. The molecule has 21 heteroatoms. The molecule has 0 aromatic rings. The first-order valence-corrected chi connectivity index (χ1v) is 17.5. The van der Waals surface area contributed by atoms with Gasteiger partial charge in [-0.1, -0.05) is 26.2 Å². The van der Waals surface area contributed by atoms with Crippen LogP contribution in [0.15, 0.2) is 0 Å². The molecule has 6 aliphatic heterocycles. The summed E-state index contributed by atoms with van der Waals surface area (Å²) in [6, 6.07) is 0. The molecular formula is C31H50O21. The predicted octanol–water partition coefficient (Wildman–Crippen LogP) is -6.01. The molecular weight excluding hydrogens is 708 g/mol. The van der Waals surface area contributed by atoms with Gasteiger partial charge in [0.2, 0.25) is 5.79 Å². The lowest BCUT2D eigenvalue weighted by Crippen LogP contribution is -2.72. The summed E-state index contributed by atoms with van der Waals surface area (Å²) in [5.74, 6) is -5.68. The van der Waals surface area contributed by atoms with Crippen molar-refractivity contribution < 1.29 is 104 Å². The Balaban J connectivity index is 1.20. The molecule has 0 aliphatic carbocycles. The van der Waals surface area contributed by atoms with Crippen molar-refractivity contribution in [3.8, 4) is 0 Å². The summed E-state index contributed by atoms with van der Waals surface area (Å²) in [7, 11) is 0. The van der Waals surface area contributed by atoms with E-state index in [4.69, 9.17) is 42.6 Å². The fourth-order valence-electron chi connectivity index (χ4n) is 7.86. The van der Waals surface area contributed by atoms with E-state index in [1.165, 1.54) is 0 Å². The van der Waals surface area contributed by atoms with Gasteiger partial charge >= 0.3 is 5.97 Å². The van der Waals surface area contributed by atoms with Crippen LogP contribution < -0.4 is 0 Å². The van der Waals surface area contributed by atoms with Crippen LogP contribution >= 0.6 is 0 Å². The lowest BCUT2D eigenvalue weighted by atomic mass is 9.81. The van der Waals surface area contributed by atoms with Crippen LogP contribution in [0, 0.1) is 5.92 Å². The number of carboxylic acids is 1. The summed E-state index contributed by atoms with van der Waals surface area (Å²) in [5.41, 5.74) is 0. The van der Waals surface area contributed by atoms with Gasteiger partial charge in [0.1, 0.15) is 104 Å². The average molecular weight is 759 g/mol. The van der Waals surface area contributed by atoms with Crippen LogP contribution in [-0.4, -0.2) is 211 Å². The molecule has 0 saturated carbocycles. The molecule has 6 saturated heterocycles. The molecule has 300 valence electrons. The van der Waals surface area contributed by atoms with Crippen LogP contribution in [0.1, 0.15) is 32.6 Å². The van der Waals surface area contributed by atoms with Gasteiger partial charge < -0.3 is 98.8 Å². The minimum Gasteiger partial charge on any atom is -0.481 e. The second-order valence-corrected chi connectivity index (χ2v) is 14.0. The Morgan fingerprint density at radius 1 is 0.712 bits per heavy atom. The first kappa shape index (κ1) is 40.4. The third-order valence-corrected chi connectivity index (χ3v) is 10.7. The van der Waals surface area contributed by atoms with Crippen LogP contribution in [-0.2, 0) is 47.4 Å². The molecule has 6 aliphatic rings. The number of carbonyl (C=O) groups is 1. The summed E-state index contributed by atoms with van der Waals surface area (Å²) in [4.78, 5) is 12.7. The van der Waals surface area contributed by atoms with E-state index >= 15 is 0 Å². The number of rotatable bonds is 14. The van der Waals surface area contributed by atoms with E-state index in [9.17, 15) is 61.0 Å². The molecule has 4 bridgehead atoms. The highest BCUT2D eigenvalue weighted by Crippen LogP contribution is 2.45. The first-order chi connectivity index (χ1) is 24.8. The molecule has 0 aromatic heterocycles. The average Bonchev–Trinajstić information content (AvgIpc) is 3.60. The van der Waals surface area contributed by atoms with Gasteiger partial charge in [-0.25, -0.2) is 0 Å². The fourth-order valence-corrected chi connectivity index (χ4v) is 7.86. The Kier molecular flexibility index (Phi) is 12.8. The highest BCUT2D eigenvalue weighted by molar-refractivity contribution is 5.71. The standard InChI is InChI=1S/C31H50O21/c1-2-3-4-5-10(27(41)42)31(26(40)17(36)15(34)12(7-33)51-31)52-22-14-9-45-25(22)20(39)30(48-14)50-23-16(35)11(6-32)47-29(19(23)38)49-21-13-8-44-24(21)18(37)28(43)46-13/h10-26,28-30,32-40,43H,2-9H2,1H3,(H,41,42)/t10?,11-,12-,13+,14+,15+,16-,17+,18+,19-,20+,21+,22+,23+,24+,25+,26-,28-,29+,30+,31+/m1/s1. The van der Waals surface area contributed by atoms with Gasteiger partial charge in [0.05, 0.1) is 26.4 Å². The van der Waals surface area contributed by atoms with Gasteiger partial charge in [0, 0.05) is 0 Å². The molecule has 6 heterocycles. The molecule has 0 radical (unpaired) electrons. The molecule has 0 spiro atoms. The van der Waals surface area contributed by atoms with E-state index in [1.807, 2.05) is 6.92 Å². The van der Waals surface area contributed by atoms with Crippen molar-refractivity contribution in [2.75, 3.05) is 26.4 Å². The molecule has 52 heavy (non-hydrogen) atoms. The summed E-state index contributed by atoms with van der Waals surface area (Å²) >= 11 is 0. The number of unbranched alkanes of at least 4 members (excludes halogenated alkanes) is 2. The van der Waals surface area contributed by atoms with Gasteiger partial charge in [-0.15, -0.1) is 0 Å². The maximum absolute atomic E-state index is 12.7. The fraction of sp³-hybridized carbons (Fsp3) is 0.968. The van der Waals surface area contributed by atoms with Crippen LogP contribution in [0.5, 0.6) is 0 Å². The Labute approximate surface area is 297 Å². The zero-order valence-electron chi connectivity index (χ0n) is 28.2. The van der Waals surface area contributed by atoms with Crippen LogP contribution in [0.2, 0.25) is 0 Å². The summed E-state index contributed by atoms with van der Waals surface area (Å²) < 4.78 is 51.9. The number of ether oxygens (including phenoxy) is 9. The van der Waals surface area contributed by atoms with Crippen LogP contribution in [0.4, 0.5) is 0 Å². The van der Waals surface area contributed by atoms with Crippen molar-refractivity contribution in [3.05, 3.63) is 0 Å². The van der Waals surface area contributed by atoms with E-state index in [-0.39, 0.29) is 19.6 Å². The van der Waals surface area contributed by atoms with E-state index < -0.39 is 147 Å². The number of carboxylic acid groups (broad SMARTS) is 1. The highest BCUT2D eigenvalue weighted by Gasteiger charge is 2.65. The Morgan fingerprint density at radius 2 is 1.33 bits per heavy atom. The van der Waals surface area contributed by atoms with Gasteiger partial charge in [-0.05, 0) is 6.42 Å². The summed E-state index contributed by atoms with van der Waals surface area (Å²) in [5, 5.41) is 117. The van der Waals surface area contributed by atoms with Gasteiger partial charge in [-0.3, -0.25) is 4.79 Å². The van der Waals surface area contributed by atoms with E-state index in [0.717, 1.165) is 0 Å². The summed E-state index contributed by atoms with van der Waals surface area (Å²) in [6.45, 7) is -0.0624. The van der Waals surface area contributed by atoms with Gasteiger partial charge in [-0.2, -0.15) is 0 Å². The number of hydrogen-bond acceptors (Lipinski definition) is 20. The van der Waals surface area contributed by atoms with E-state index in [1.54, 1.807) is 0 Å².